The zero-order valence-corrected chi connectivity index (χ0v) is 13.8. The molecule has 3 rings (SSSR count). The molecule has 1 aliphatic rings. The van der Waals surface area contributed by atoms with E-state index in [1.165, 1.54) is 0 Å². The molecule has 5 nitrogen and oxygen atoms in total. The first-order chi connectivity index (χ1) is 11.7. The highest BCUT2D eigenvalue weighted by molar-refractivity contribution is 5.91. The first-order valence-electron chi connectivity index (χ1n) is 8.14. The van der Waals surface area contributed by atoms with Gasteiger partial charge in [0, 0.05) is 30.8 Å². The molecular weight excluding hydrogens is 304 g/mol. The van der Waals surface area contributed by atoms with E-state index in [1.807, 2.05) is 42.5 Å². The smallest absolute Gasteiger partial charge is 0.224 e. The summed E-state index contributed by atoms with van der Waals surface area (Å²) in [4.78, 5) is 12.2. The Hall–Kier alpha value is -2.53. The lowest BCUT2D eigenvalue weighted by Crippen LogP contribution is -2.16. The predicted octanol–water partition coefficient (Wildman–Crippen LogP) is 2.75. The number of hydrogen-bond acceptors (Lipinski definition) is 4. The fraction of sp³-hybridized carbons (Fsp3) is 0.316. The Morgan fingerprint density at radius 1 is 1.25 bits per heavy atom. The molecule has 1 aliphatic heterocycles. The molecule has 5 heteroatoms. The number of nitrogens with one attached hydrogen (secondary N) is 2. The number of anilines is 1. The number of carbonyl (C=O) groups is 1. The minimum atomic E-state index is 0.00766. The van der Waals surface area contributed by atoms with Crippen molar-refractivity contribution in [2.24, 2.45) is 0 Å². The summed E-state index contributed by atoms with van der Waals surface area (Å²) >= 11 is 0. The van der Waals surface area contributed by atoms with E-state index in [4.69, 9.17) is 9.47 Å². The van der Waals surface area contributed by atoms with Gasteiger partial charge in [-0.05, 0) is 42.3 Å². The van der Waals surface area contributed by atoms with Crippen LogP contribution >= 0.6 is 0 Å². The molecular formula is C19H22N2O3. The molecule has 1 amide bonds. The van der Waals surface area contributed by atoms with Crippen molar-refractivity contribution in [2.45, 2.75) is 19.4 Å². The SMILES string of the molecule is COc1ccc(CCC(=O)Nc2ccc3c(c2)CNCCO3)cc1. The molecule has 24 heavy (non-hydrogen) atoms. The quantitative estimate of drug-likeness (QED) is 0.887. The van der Waals surface area contributed by atoms with Crippen molar-refractivity contribution in [3.63, 3.8) is 0 Å². The fourth-order valence-corrected chi connectivity index (χ4v) is 2.67. The van der Waals surface area contributed by atoms with Crippen LogP contribution in [0.25, 0.3) is 0 Å². The van der Waals surface area contributed by atoms with Gasteiger partial charge in [0.05, 0.1) is 7.11 Å². The third-order valence-corrected chi connectivity index (χ3v) is 4.00. The van der Waals surface area contributed by atoms with Gasteiger partial charge < -0.3 is 20.1 Å². The molecule has 0 spiro atoms. The summed E-state index contributed by atoms with van der Waals surface area (Å²) in [5.74, 6) is 1.72. The van der Waals surface area contributed by atoms with E-state index in [0.717, 1.165) is 41.4 Å². The maximum absolute atomic E-state index is 12.2. The van der Waals surface area contributed by atoms with Crippen LogP contribution in [0.3, 0.4) is 0 Å². The number of rotatable bonds is 5. The summed E-state index contributed by atoms with van der Waals surface area (Å²) in [6.45, 7) is 2.25. The van der Waals surface area contributed by atoms with Crippen LogP contribution in [0.5, 0.6) is 11.5 Å². The second kappa shape index (κ2) is 7.84. The number of carbonyl (C=O) groups excluding carboxylic acids is 1. The number of fused-ring (bicyclic) bond motifs is 1. The van der Waals surface area contributed by atoms with Gasteiger partial charge in [0.1, 0.15) is 18.1 Å². The molecule has 0 bridgehead atoms. The van der Waals surface area contributed by atoms with E-state index in [9.17, 15) is 4.79 Å². The Labute approximate surface area is 142 Å². The Morgan fingerprint density at radius 3 is 2.88 bits per heavy atom. The van der Waals surface area contributed by atoms with E-state index in [0.29, 0.717) is 19.4 Å². The largest absolute Gasteiger partial charge is 0.497 e. The molecule has 0 saturated carbocycles. The number of benzene rings is 2. The summed E-state index contributed by atoms with van der Waals surface area (Å²) < 4.78 is 10.8. The topological polar surface area (TPSA) is 59.6 Å². The third kappa shape index (κ3) is 4.26. The molecule has 126 valence electrons. The van der Waals surface area contributed by atoms with Crippen LogP contribution in [0.15, 0.2) is 42.5 Å². The number of hydrogen-bond donors (Lipinski definition) is 2. The zero-order valence-electron chi connectivity index (χ0n) is 13.8. The molecule has 0 unspecified atom stereocenters. The summed E-state index contributed by atoms with van der Waals surface area (Å²) in [6.07, 6.45) is 1.14. The second-order valence-corrected chi connectivity index (χ2v) is 5.74. The minimum Gasteiger partial charge on any atom is -0.497 e. The van der Waals surface area contributed by atoms with Gasteiger partial charge in [-0.3, -0.25) is 4.79 Å². The molecule has 0 atom stereocenters. The molecule has 0 aliphatic carbocycles. The van der Waals surface area contributed by atoms with Gasteiger partial charge in [-0.2, -0.15) is 0 Å². The lowest BCUT2D eigenvalue weighted by atomic mass is 10.1. The Balaban J connectivity index is 1.55. The van der Waals surface area contributed by atoms with Crippen LogP contribution in [0.2, 0.25) is 0 Å². The van der Waals surface area contributed by atoms with Crippen molar-refractivity contribution in [3.05, 3.63) is 53.6 Å². The summed E-state index contributed by atoms with van der Waals surface area (Å²) in [5, 5.41) is 6.25. The monoisotopic (exact) mass is 326 g/mol. The zero-order chi connectivity index (χ0) is 16.8. The maximum Gasteiger partial charge on any atom is 0.224 e. The van der Waals surface area contributed by atoms with Gasteiger partial charge in [0.15, 0.2) is 0 Å². The maximum atomic E-state index is 12.2. The van der Waals surface area contributed by atoms with Crippen LogP contribution in [0.1, 0.15) is 17.5 Å². The van der Waals surface area contributed by atoms with Gasteiger partial charge in [-0.1, -0.05) is 12.1 Å². The number of aryl methyl sites for hydroxylation is 1. The third-order valence-electron chi connectivity index (χ3n) is 4.00. The number of methoxy groups -OCH3 is 1. The van der Waals surface area contributed by atoms with Crippen LogP contribution in [-0.4, -0.2) is 26.2 Å². The van der Waals surface area contributed by atoms with Gasteiger partial charge in [0.2, 0.25) is 5.91 Å². The van der Waals surface area contributed by atoms with E-state index < -0.39 is 0 Å². The van der Waals surface area contributed by atoms with Crippen LogP contribution in [0, 0.1) is 0 Å². The summed E-state index contributed by atoms with van der Waals surface area (Å²) in [5.41, 5.74) is 2.99. The molecule has 2 aromatic carbocycles. The van der Waals surface area contributed by atoms with Gasteiger partial charge in [-0.15, -0.1) is 0 Å². The van der Waals surface area contributed by atoms with Gasteiger partial charge in [-0.25, -0.2) is 0 Å². The van der Waals surface area contributed by atoms with E-state index in [2.05, 4.69) is 10.6 Å². The lowest BCUT2D eigenvalue weighted by molar-refractivity contribution is -0.116. The lowest BCUT2D eigenvalue weighted by Gasteiger charge is -2.10. The predicted molar refractivity (Wildman–Crippen MR) is 93.6 cm³/mol. The Kier molecular flexibility index (Phi) is 5.33. The molecule has 1 heterocycles. The second-order valence-electron chi connectivity index (χ2n) is 5.74. The van der Waals surface area contributed by atoms with E-state index >= 15 is 0 Å². The highest BCUT2D eigenvalue weighted by Gasteiger charge is 2.10. The average Bonchev–Trinajstić information content (AvgIpc) is 2.85. The molecule has 0 saturated heterocycles. The van der Waals surface area contributed by atoms with Crippen LogP contribution in [-0.2, 0) is 17.8 Å². The molecule has 2 aromatic rings. The van der Waals surface area contributed by atoms with Crippen molar-refractivity contribution >= 4 is 11.6 Å². The summed E-state index contributed by atoms with van der Waals surface area (Å²) in [6, 6.07) is 13.6. The Bertz CT molecular complexity index is 698. The van der Waals surface area contributed by atoms with Gasteiger partial charge in [0.25, 0.3) is 0 Å². The minimum absolute atomic E-state index is 0.00766. The first kappa shape index (κ1) is 16.3. The molecule has 2 N–H and O–H groups in total. The van der Waals surface area contributed by atoms with Crippen molar-refractivity contribution in [1.82, 2.24) is 5.32 Å². The molecule has 0 aromatic heterocycles. The normalized spacial score (nSPS) is 13.4. The van der Waals surface area contributed by atoms with Crippen molar-refractivity contribution in [1.29, 1.82) is 0 Å². The molecule has 0 fully saturated rings. The van der Waals surface area contributed by atoms with Crippen molar-refractivity contribution < 1.29 is 14.3 Å². The average molecular weight is 326 g/mol. The fourth-order valence-electron chi connectivity index (χ4n) is 2.67. The first-order valence-corrected chi connectivity index (χ1v) is 8.14. The van der Waals surface area contributed by atoms with Crippen LogP contribution in [0.4, 0.5) is 5.69 Å². The summed E-state index contributed by atoms with van der Waals surface area (Å²) in [7, 11) is 1.64. The van der Waals surface area contributed by atoms with Crippen molar-refractivity contribution in [2.75, 3.05) is 25.6 Å². The highest BCUT2D eigenvalue weighted by Crippen LogP contribution is 2.24. The van der Waals surface area contributed by atoms with E-state index in [1.54, 1.807) is 7.11 Å². The molecule has 0 radical (unpaired) electrons. The Morgan fingerprint density at radius 2 is 2.08 bits per heavy atom. The number of amides is 1. The van der Waals surface area contributed by atoms with Crippen LogP contribution < -0.4 is 20.1 Å². The standard InChI is InChI=1S/C19H22N2O3/c1-23-17-6-2-14(3-7-17)4-9-19(22)21-16-5-8-18-15(12-16)13-20-10-11-24-18/h2-3,5-8,12,20H,4,9-11,13H2,1H3,(H,21,22). The van der Waals surface area contributed by atoms with Gasteiger partial charge >= 0.3 is 0 Å². The highest BCUT2D eigenvalue weighted by atomic mass is 16.5. The van der Waals surface area contributed by atoms with E-state index in [-0.39, 0.29) is 5.91 Å². The number of ether oxygens (including phenoxy) is 2. The van der Waals surface area contributed by atoms with Crippen molar-refractivity contribution in [3.8, 4) is 11.5 Å².